The maximum Gasteiger partial charge on any atom is 0.309 e. The van der Waals surface area contributed by atoms with Crippen molar-refractivity contribution in [1.29, 1.82) is 0 Å². The Hall–Kier alpha value is -3.68. The number of benzene rings is 2. The number of ketones is 1. The number of rotatable bonds is 10. The number of amides is 1. The first-order valence-corrected chi connectivity index (χ1v) is 11.5. The summed E-state index contributed by atoms with van der Waals surface area (Å²) in [6, 6.07) is 15.5. The Bertz CT molecular complexity index is 1060. The molecule has 0 radical (unpaired) electrons. The van der Waals surface area contributed by atoms with Crippen molar-refractivity contribution < 1.29 is 28.7 Å². The zero-order chi connectivity index (χ0) is 25.7. The van der Waals surface area contributed by atoms with Crippen LogP contribution in [0.4, 0.5) is 11.4 Å². The molecule has 2 aromatic carbocycles. The molecule has 0 bridgehead atoms. The van der Waals surface area contributed by atoms with Gasteiger partial charge in [-0.2, -0.15) is 0 Å². The quantitative estimate of drug-likeness (QED) is 0.293. The average molecular weight is 481 g/mol. The Morgan fingerprint density at radius 3 is 1.91 bits per heavy atom. The molecule has 0 unspecified atom stereocenters. The third kappa shape index (κ3) is 5.53. The summed E-state index contributed by atoms with van der Waals surface area (Å²) in [7, 11) is 6.92. The van der Waals surface area contributed by atoms with Gasteiger partial charge in [-0.3, -0.25) is 19.2 Å². The van der Waals surface area contributed by atoms with Crippen molar-refractivity contribution in [2.24, 2.45) is 11.8 Å². The molecule has 4 atom stereocenters. The highest BCUT2D eigenvalue weighted by Crippen LogP contribution is 2.58. The normalized spacial score (nSPS) is 20.8. The van der Waals surface area contributed by atoms with Crippen molar-refractivity contribution in [3.63, 3.8) is 0 Å². The summed E-state index contributed by atoms with van der Waals surface area (Å²) in [5, 5.41) is 0. The minimum Gasteiger partial charge on any atom is -0.469 e. The summed E-state index contributed by atoms with van der Waals surface area (Å²) < 4.78 is 10.2. The van der Waals surface area contributed by atoms with E-state index in [0.29, 0.717) is 12.2 Å². The van der Waals surface area contributed by atoms with Crippen molar-refractivity contribution in [3.05, 3.63) is 59.7 Å². The van der Waals surface area contributed by atoms with E-state index in [1.165, 1.54) is 18.9 Å². The molecule has 2 aromatic rings. The number of hydrogen-bond donors (Lipinski definition) is 0. The molecule has 0 N–H and O–H groups in total. The van der Waals surface area contributed by atoms with E-state index in [1.54, 1.807) is 7.05 Å². The molecule has 1 aliphatic carbocycles. The molecule has 0 aliphatic heterocycles. The van der Waals surface area contributed by atoms with Crippen LogP contribution in [0.15, 0.2) is 48.5 Å². The fourth-order valence-corrected chi connectivity index (χ4v) is 4.91. The third-order valence-corrected chi connectivity index (χ3v) is 6.76. The van der Waals surface area contributed by atoms with Gasteiger partial charge in [0.2, 0.25) is 5.91 Å². The molecule has 0 heterocycles. The number of carbonyl (C=O) groups excluding carboxylic acids is 4. The topological polar surface area (TPSA) is 93.2 Å². The second-order valence-corrected chi connectivity index (χ2v) is 9.10. The summed E-state index contributed by atoms with van der Waals surface area (Å²) in [5.41, 5.74) is 3.66. The maximum atomic E-state index is 12.8. The summed E-state index contributed by atoms with van der Waals surface area (Å²) >= 11 is 0. The summed E-state index contributed by atoms with van der Waals surface area (Å²) in [6.07, 6.45) is -0.158. The van der Waals surface area contributed by atoms with Crippen LogP contribution in [0.25, 0.3) is 0 Å². The monoisotopic (exact) mass is 480 g/mol. The molecule has 186 valence electrons. The third-order valence-electron chi connectivity index (χ3n) is 6.76. The predicted octanol–water partition coefficient (Wildman–Crippen LogP) is 3.15. The largest absolute Gasteiger partial charge is 0.469 e. The zero-order valence-corrected chi connectivity index (χ0v) is 20.8. The highest BCUT2D eigenvalue weighted by Gasteiger charge is 2.55. The zero-order valence-electron chi connectivity index (χ0n) is 20.8. The first kappa shape index (κ1) is 25.9. The van der Waals surface area contributed by atoms with Crippen LogP contribution in [0, 0.1) is 11.8 Å². The Morgan fingerprint density at radius 1 is 0.886 bits per heavy atom. The van der Waals surface area contributed by atoms with E-state index in [9.17, 15) is 19.2 Å². The lowest BCUT2D eigenvalue weighted by Crippen LogP contribution is -2.50. The van der Waals surface area contributed by atoms with E-state index >= 15 is 0 Å². The van der Waals surface area contributed by atoms with Crippen molar-refractivity contribution in [3.8, 4) is 0 Å². The number of hydrogen-bond acceptors (Lipinski definition) is 7. The van der Waals surface area contributed by atoms with Gasteiger partial charge in [-0.05, 0) is 48.2 Å². The molecule has 35 heavy (non-hydrogen) atoms. The van der Waals surface area contributed by atoms with Crippen molar-refractivity contribution in [1.82, 2.24) is 0 Å². The molecule has 8 nitrogen and oxygen atoms in total. The van der Waals surface area contributed by atoms with Crippen LogP contribution in [0.1, 0.15) is 36.3 Å². The van der Waals surface area contributed by atoms with Crippen molar-refractivity contribution in [2.75, 3.05) is 44.7 Å². The second-order valence-electron chi connectivity index (χ2n) is 9.10. The Labute approximate surface area is 205 Å². The molecule has 0 aromatic heterocycles. The highest BCUT2D eigenvalue weighted by atomic mass is 16.5. The first-order valence-electron chi connectivity index (χ1n) is 11.5. The number of anilines is 2. The fraction of sp³-hybridized carbons (Fsp3) is 0.407. The molecule has 1 amide bonds. The second kappa shape index (κ2) is 11.2. The van der Waals surface area contributed by atoms with Gasteiger partial charge in [-0.1, -0.05) is 24.3 Å². The highest BCUT2D eigenvalue weighted by molar-refractivity contribution is 6.04. The molecule has 3 rings (SSSR count). The standard InChI is InChI=1S/C27H32N2O6/c1-17(31)14-23(32)29(4)21-12-8-19(9-13-21)25-24(18-6-10-20(11-7-18)28(2)3)22(15-35-16-30)26(25)27(33)34-5/h6-13,16,22,24-26H,14-15H2,1-5H3/t22-,24-,25+,26+/m0/s1. The molecule has 1 saturated carbocycles. The lowest BCUT2D eigenvalue weighted by molar-refractivity contribution is -0.159. The fourth-order valence-electron chi connectivity index (χ4n) is 4.91. The molecular weight excluding hydrogens is 448 g/mol. The van der Waals surface area contributed by atoms with Gasteiger partial charge in [0.25, 0.3) is 6.47 Å². The van der Waals surface area contributed by atoms with E-state index in [-0.39, 0.29) is 48.4 Å². The van der Waals surface area contributed by atoms with E-state index in [4.69, 9.17) is 9.47 Å². The molecule has 0 saturated heterocycles. The van der Waals surface area contributed by atoms with Crippen molar-refractivity contribution in [2.45, 2.75) is 25.2 Å². The number of carbonyl (C=O) groups is 4. The summed E-state index contributed by atoms with van der Waals surface area (Å²) in [4.78, 5) is 50.8. The lowest BCUT2D eigenvalue weighted by Gasteiger charge is -2.50. The number of esters is 1. The maximum absolute atomic E-state index is 12.8. The average Bonchev–Trinajstić information content (AvgIpc) is 2.83. The lowest BCUT2D eigenvalue weighted by atomic mass is 9.52. The summed E-state index contributed by atoms with van der Waals surface area (Å²) in [6.45, 7) is 1.89. The molecule has 1 fully saturated rings. The molecular formula is C27H32N2O6. The van der Waals surface area contributed by atoms with Gasteiger partial charge in [-0.15, -0.1) is 0 Å². The molecule has 8 heteroatoms. The Kier molecular flexibility index (Phi) is 8.27. The Morgan fingerprint density at radius 2 is 1.43 bits per heavy atom. The van der Waals surface area contributed by atoms with Gasteiger partial charge < -0.3 is 19.3 Å². The van der Waals surface area contributed by atoms with Gasteiger partial charge in [0, 0.05) is 44.4 Å². The van der Waals surface area contributed by atoms with Crippen LogP contribution in [0.3, 0.4) is 0 Å². The Balaban J connectivity index is 1.96. The van der Waals surface area contributed by atoms with Crippen LogP contribution in [0.5, 0.6) is 0 Å². The molecule has 1 aliphatic rings. The van der Waals surface area contributed by atoms with Crippen molar-refractivity contribution >= 4 is 35.5 Å². The van der Waals surface area contributed by atoms with Crippen LogP contribution >= 0.6 is 0 Å². The summed E-state index contributed by atoms with van der Waals surface area (Å²) in [5.74, 6) is -1.82. The molecule has 0 spiro atoms. The van der Waals surface area contributed by atoms with Crippen LogP contribution in [-0.4, -0.2) is 59.0 Å². The first-order chi connectivity index (χ1) is 16.7. The number of methoxy groups -OCH3 is 1. The number of nitrogens with zero attached hydrogens (tertiary/aromatic N) is 2. The van der Waals surface area contributed by atoms with Gasteiger partial charge in [0.15, 0.2) is 0 Å². The van der Waals surface area contributed by atoms with Gasteiger partial charge >= 0.3 is 5.97 Å². The van der Waals surface area contributed by atoms with Crippen LogP contribution in [0.2, 0.25) is 0 Å². The van der Waals surface area contributed by atoms with E-state index in [2.05, 4.69) is 0 Å². The van der Waals surface area contributed by atoms with Gasteiger partial charge in [-0.25, -0.2) is 0 Å². The SMILES string of the molecule is COC(=O)[C@@H]1[C@@H](COC=O)[C@H](c2ccc(N(C)C)cc2)[C@H]1c1ccc(N(C)C(=O)CC(C)=O)cc1. The van der Waals surface area contributed by atoms with Gasteiger partial charge in [0.1, 0.15) is 5.78 Å². The minimum atomic E-state index is -0.485. The van der Waals surface area contributed by atoms with E-state index in [1.807, 2.05) is 67.5 Å². The number of Topliss-reactive ketones (excluding diaryl/α,β-unsaturated/α-hetero) is 1. The van der Waals surface area contributed by atoms with Gasteiger partial charge in [0.05, 0.1) is 26.1 Å². The minimum absolute atomic E-state index is 0.0711. The predicted molar refractivity (Wildman–Crippen MR) is 132 cm³/mol. The van der Waals surface area contributed by atoms with Crippen LogP contribution < -0.4 is 9.80 Å². The van der Waals surface area contributed by atoms with Crippen LogP contribution in [-0.2, 0) is 28.7 Å². The van der Waals surface area contributed by atoms with E-state index in [0.717, 1.165) is 16.8 Å². The number of ether oxygens (including phenoxy) is 2. The van der Waals surface area contributed by atoms with E-state index < -0.39 is 5.92 Å². The smallest absolute Gasteiger partial charge is 0.309 e.